The van der Waals surface area contributed by atoms with Crippen LogP contribution >= 0.6 is 0 Å². The molecule has 1 saturated heterocycles. The number of aromatic nitrogens is 2. The Morgan fingerprint density at radius 1 is 1.41 bits per heavy atom. The van der Waals surface area contributed by atoms with Gasteiger partial charge in [0, 0.05) is 24.6 Å². The van der Waals surface area contributed by atoms with Crippen LogP contribution in [-0.2, 0) is 0 Å². The van der Waals surface area contributed by atoms with Gasteiger partial charge in [0.15, 0.2) is 0 Å². The number of aromatic amines is 1. The SMILES string of the molecule is CCNC(=O)Nc1cn[nH]c1C1CCCN(CC#Cc2ccc(F)cc2)C1. The molecule has 27 heavy (non-hydrogen) atoms. The minimum Gasteiger partial charge on any atom is -0.338 e. The van der Waals surface area contributed by atoms with Crippen LogP contribution in [0.5, 0.6) is 0 Å². The van der Waals surface area contributed by atoms with Crippen LogP contribution < -0.4 is 10.6 Å². The summed E-state index contributed by atoms with van der Waals surface area (Å²) < 4.78 is 12.9. The molecule has 0 bridgehead atoms. The van der Waals surface area contributed by atoms with Gasteiger partial charge < -0.3 is 10.6 Å². The minimum absolute atomic E-state index is 0.224. The first-order valence-corrected chi connectivity index (χ1v) is 9.20. The predicted molar refractivity (Wildman–Crippen MR) is 103 cm³/mol. The van der Waals surface area contributed by atoms with Crippen molar-refractivity contribution >= 4 is 11.7 Å². The van der Waals surface area contributed by atoms with E-state index in [-0.39, 0.29) is 17.8 Å². The van der Waals surface area contributed by atoms with E-state index in [9.17, 15) is 9.18 Å². The van der Waals surface area contributed by atoms with Crippen molar-refractivity contribution in [2.45, 2.75) is 25.7 Å². The summed E-state index contributed by atoms with van der Waals surface area (Å²) in [6, 6.07) is 5.99. The number of carbonyl (C=O) groups is 1. The van der Waals surface area contributed by atoms with Gasteiger partial charge in [0.2, 0.25) is 0 Å². The van der Waals surface area contributed by atoms with E-state index >= 15 is 0 Å². The Kier molecular flexibility index (Phi) is 6.44. The number of hydrogen-bond acceptors (Lipinski definition) is 3. The predicted octanol–water partition coefficient (Wildman–Crippen LogP) is 2.92. The number of urea groups is 1. The molecule has 2 aromatic rings. The number of carbonyl (C=O) groups excluding carboxylic acids is 1. The Bertz CT molecular complexity index is 821. The van der Waals surface area contributed by atoms with Crippen LogP contribution in [0.25, 0.3) is 0 Å². The standard InChI is InChI=1S/C20H24FN5O/c1-2-22-20(27)24-18-13-23-25-19(18)16-6-4-12-26(14-16)11-3-5-15-7-9-17(21)10-8-15/h7-10,13,16H,2,4,6,11-12,14H2,1H3,(H,23,25)(H2,22,24,27). The average molecular weight is 369 g/mol. The second-order valence-corrected chi connectivity index (χ2v) is 6.56. The third-order valence-corrected chi connectivity index (χ3v) is 4.55. The molecule has 1 aromatic carbocycles. The zero-order valence-electron chi connectivity index (χ0n) is 15.4. The lowest BCUT2D eigenvalue weighted by atomic mass is 9.94. The summed E-state index contributed by atoms with van der Waals surface area (Å²) in [7, 11) is 0. The zero-order valence-corrected chi connectivity index (χ0v) is 15.4. The molecule has 0 saturated carbocycles. The number of nitrogens with one attached hydrogen (secondary N) is 3. The minimum atomic E-state index is -0.254. The van der Waals surface area contributed by atoms with Gasteiger partial charge in [-0.3, -0.25) is 10.00 Å². The summed E-state index contributed by atoms with van der Waals surface area (Å²) >= 11 is 0. The number of likely N-dealkylation sites (tertiary alicyclic amines) is 1. The summed E-state index contributed by atoms with van der Waals surface area (Å²) in [6.45, 7) is 4.94. The first-order chi connectivity index (χ1) is 13.2. The summed E-state index contributed by atoms with van der Waals surface area (Å²) in [4.78, 5) is 14.1. The fraction of sp³-hybridized carbons (Fsp3) is 0.400. The first-order valence-electron chi connectivity index (χ1n) is 9.20. The van der Waals surface area contributed by atoms with Crippen LogP contribution in [0.15, 0.2) is 30.5 Å². The number of benzene rings is 1. The second-order valence-electron chi connectivity index (χ2n) is 6.56. The number of rotatable bonds is 4. The quantitative estimate of drug-likeness (QED) is 0.726. The largest absolute Gasteiger partial charge is 0.338 e. The molecule has 7 heteroatoms. The van der Waals surface area contributed by atoms with Crippen molar-refractivity contribution in [2.75, 3.05) is 31.5 Å². The van der Waals surface area contributed by atoms with E-state index in [2.05, 4.69) is 37.6 Å². The number of H-pyrrole nitrogens is 1. The molecule has 1 atom stereocenters. The summed E-state index contributed by atoms with van der Waals surface area (Å²) in [5.41, 5.74) is 2.49. The number of hydrogen-bond donors (Lipinski definition) is 3. The van der Waals surface area contributed by atoms with Gasteiger partial charge in [0.25, 0.3) is 0 Å². The van der Waals surface area contributed by atoms with E-state index in [1.165, 1.54) is 12.1 Å². The highest BCUT2D eigenvalue weighted by Crippen LogP contribution is 2.30. The van der Waals surface area contributed by atoms with Crippen LogP contribution in [0.4, 0.5) is 14.9 Å². The average Bonchev–Trinajstić information content (AvgIpc) is 3.12. The van der Waals surface area contributed by atoms with Gasteiger partial charge in [-0.25, -0.2) is 9.18 Å². The third-order valence-electron chi connectivity index (χ3n) is 4.55. The molecule has 0 spiro atoms. The maximum Gasteiger partial charge on any atom is 0.319 e. The Labute approximate surface area is 158 Å². The summed E-state index contributed by atoms with van der Waals surface area (Å²) in [5.74, 6) is 6.26. The normalized spacial score (nSPS) is 17.0. The Morgan fingerprint density at radius 3 is 3.00 bits per heavy atom. The fourth-order valence-corrected chi connectivity index (χ4v) is 3.26. The second kappa shape index (κ2) is 9.19. The van der Waals surface area contributed by atoms with E-state index in [1.807, 2.05) is 6.92 Å². The molecule has 3 rings (SSSR count). The molecule has 1 aliphatic heterocycles. The van der Waals surface area contributed by atoms with Gasteiger partial charge in [-0.05, 0) is 50.6 Å². The van der Waals surface area contributed by atoms with Crippen molar-refractivity contribution in [3.8, 4) is 11.8 Å². The topological polar surface area (TPSA) is 73.0 Å². The Morgan fingerprint density at radius 2 is 2.22 bits per heavy atom. The van der Waals surface area contributed by atoms with E-state index in [1.54, 1.807) is 18.3 Å². The van der Waals surface area contributed by atoms with E-state index in [0.717, 1.165) is 42.9 Å². The van der Waals surface area contributed by atoms with Crippen LogP contribution in [0.1, 0.15) is 36.9 Å². The summed E-state index contributed by atoms with van der Waals surface area (Å²) in [5, 5.41) is 12.7. The maximum absolute atomic E-state index is 12.9. The zero-order chi connectivity index (χ0) is 19.1. The molecule has 1 aliphatic rings. The highest BCUT2D eigenvalue weighted by Gasteiger charge is 2.24. The molecule has 1 fully saturated rings. The Hall–Kier alpha value is -2.85. The van der Waals surface area contributed by atoms with E-state index in [4.69, 9.17) is 0 Å². The van der Waals surface area contributed by atoms with Crippen molar-refractivity contribution in [3.63, 3.8) is 0 Å². The molecular weight excluding hydrogens is 345 g/mol. The van der Waals surface area contributed by atoms with Gasteiger partial charge >= 0.3 is 6.03 Å². The third kappa shape index (κ3) is 5.31. The van der Waals surface area contributed by atoms with Crippen LogP contribution in [0.2, 0.25) is 0 Å². The van der Waals surface area contributed by atoms with Gasteiger partial charge in [-0.2, -0.15) is 5.10 Å². The molecule has 6 nitrogen and oxygen atoms in total. The lowest BCUT2D eigenvalue weighted by Gasteiger charge is -2.31. The highest BCUT2D eigenvalue weighted by molar-refractivity contribution is 5.89. The number of halogens is 1. The number of piperidine rings is 1. The fourth-order valence-electron chi connectivity index (χ4n) is 3.26. The van der Waals surface area contributed by atoms with Gasteiger partial charge in [0.05, 0.1) is 24.1 Å². The lowest BCUT2D eigenvalue weighted by Crippen LogP contribution is -2.35. The molecule has 0 radical (unpaired) electrons. The van der Waals surface area contributed by atoms with Crippen molar-refractivity contribution in [1.82, 2.24) is 20.4 Å². The monoisotopic (exact) mass is 369 g/mol. The first kappa shape index (κ1) is 18.9. The molecule has 1 unspecified atom stereocenters. The van der Waals surface area contributed by atoms with Crippen molar-refractivity contribution in [2.24, 2.45) is 0 Å². The number of anilines is 1. The van der Waals surface area contributed by atoms with E-state index in [0.29, 0.717) is 13.1 Å². The lowest BCUT2D eigenvalue weighted by molar-refractivity contribution is 0.229. The molecule has 3 N–H and O–H groups in total. The number of nitrogens with zero attached hydrogens (tertiary/aromatic N) is 2. The highest BCUT2D eigenvalue weighted by atomic mass is 19.1. The summed E-state index contributed by atoms with van der Waals surface area (Å²) in [6.07, 6.45) is 3.74. The van der Waals surface area contributed by atoms with Crippen molar-refractivity contribution < 1.29 is 9.18 Å². The van der Waals surface area contributed by atoms with Crippen LogP contribution in [0, 0.1) is 17.7 Å². The van der Waals surface area contributed by atoms with E-state index < -0.39 is 0 Å². The molecule has 1 aromatic heterocycles. The molecule has 2 heterocycles. The van der Waals surface area contributed by atoms with Crippen LogP contribution in [-0.4, -0.2) is 47.3 Å². The van der Waals surface area contributed by atoms with Crippen molar-refractivity contribution in [3.05, 3.63) is 47.5 Å². The molecule has 142 valence electrons. The molecule has 2 amide bonds. The Balaban J connectivity index is 1.59. The molecular formula is C20H24FN5O. The van der Waals surface area contributed by atoms with Gasteiger partial charge in [0.1, 0.15) is 5.82 Å². The van der Waals surface area contributed by atoms with Gasteiger partial charge in [-0.1, -0.05) is 11.8 Å². The van der Waals surface area contributed by atoms with Gasteiger partial charge in [-0.15, -0.1) is 0 Å². The van der Waals surface area contributed by atoms with Crippen LogP contribution in [0.3, 0.4) is 0 Å². The molecule has 0 aliphatic carbocycles. The number of amides is 2. The van der Waals surface area contributed by atoms with Crippen molar-refractivity contribution in [1.29, 1.82) is 0 Å². The smallest absolute Gasteiger partial charge is 0.319 e. The maximum atomic E-state index is 12.9.